The van der Waals surface area contributed by atoms with Crippen LogP contribution in [0.1, 0.15) is 13.3 Å². The van der Waals surface area contributed by atoms with Crippen molar-refractivity contribution in [1.82, 2.24) is 0 Å². The highest BCUT2D eigenvalue weighted by atomic mass is 35.5. The molecule has 0 radical (unpaired) electrons. The maximum atomic E-state index is 6.02. The SMILES string of the molecule is C=C(CC)CNc1cc(OC)c(Cl)cc1OC. The van der Waals surface area contributed by atoms with Gasteiger partial charge in [-0.05, 0) is 6.42 Å². The van der Waals surface area contributed by atoms with Gasteiger partial charge in [0.1, 0.15) is 11.5 Å². The van der Waals surface area contributed by atoms with E-state index < -0.39 is 0 Å². The molecular weight excluding hydrogens is 238 g/mol. The molecule has 1 rings (SSSR count). The van der Waals surface area contributed by atoms with E-state index in [2.05, 4.69) is 18.8 Å². The van der Waals surface area contributed by atoms with Crippen molar-refractivity contribution in [3.05, 3.63) is 29.3 Å². The third-order valence-electron chi connectivity index (χ3n) is 2.50. The van der Waals surface area contributed by atoms with Crippen molar-refractivity contribution in [3.8, 4) is 11.5 Å². The van der Waals surface area contributed by atoms with E-state index in [1.54, 1.807) is 20.3 Å². The van der Waals surface area contributed by atoms with Crippen LogP contribution in [0.15, 0.2) is 24.3 Å². The van der Waals surface area contributed by atoms with Gasteiger partial charge in [0.15, 0.2) is 0 Å². The predicted octanol–water partition coefficient (Wildman–Crippen LogP) is 3.74. The van der Waals surface area contributed by atoms with Crippen LogP contribution >= 0.6 is 11.6 Å². The minimum Gasteiger partial charge on any atom is -0.495 e. The number of ether oxygens (including phenoxy) is 2. The van der Waals surface area contributed by atoms with Crippen molar-refractivity contribution in [2.75, 3.05) is 26.1 Å². The smallest absolute Gasteiger partial charge is 0.143 e. The number of halogens is 1. The summed E-state index contributed by atoms with van der Waals surface area (Å²) in [6.07, 6.45) is 0.944. The van der Waals surface area contributed by atoms with Crippen molar-refractivity contribution in [2.45, 2.75) is 13.3 Å². The van der Waals surface area contributed by atoms with E-state index in [4.69, 9.17) is 21.1 Å². The maximum absolute atomic E-state index is 6.02. The zero-order chi connectivity index (χ0) is 12.8. The zero-order valence-electron chi connectivity index (χ0n) is 10.5. The first-order chi connectivity index (χ1) is 8.12. The van der Waals surface area contributed by atoms with E-state index in [0.717, 1.165) is 17.7 Å². The summed E-state index contributed by atoms with van der Waals surface area (Å²) < 4.78 is 10.4. The Morgan fingerprint density at radius 2 is 1.94 bits per heavy atom. The third-order valence-corrected chi connectivity index (χ3v) is 2.80. The standard InChI is InChI=1S/C13H18ClNO2/c1-5-9(2)8-15-11-7-12(16-3)10(14)6-13(11)17-4/h6-7,15H,2,5,8H2,1,3-4H3. The first kappa shape index (κ1) is 13.7. The Morgan fingerprint density at radius 1 is 1.29 bits per heavy atom. The fourth-order valence-electron chi connectivity index (χ4n) is 1.34. The first-order valence-electron chi connectivity index (χ1n) is 5.44. The number of anilines is 1. The topological polar surface area (TPSA) is 30.5 Å². The molecule has 0 unspecified atom stereocenters. The van der Waals surface area contributed by atoms with Gasteiger partial charge in [-0.15, -0.1) is 0 Å². The quantitative estimate of drug-likeness (QED) is 0.786. The van der Waals surface area contributed by atoms with Crippen LogP contribution in [0.4, 0.5) is 5.69 Å². The monoisotopic (exact) mass is 255 g/mol. The largest absolute Gasteiger partial charge is 0.495 e. The van der Waals surface area contributed by atoms with Gasteiger partial charge < -0.3 is 14.8 Å². The van der Waals surface area contributed by atoms with Crippen LogP contribution in [0.5, 0.6) is 11.5 Å². The molecule has 0 aromatic heterocycles. The number of rotatable bonds is 6. The molecule has 4 heteroatoms. The molecule has 0 aliphatic rings. The number of nitrogens with one attached hydrogen (secondary N) is 1. The van der Waals surface area contributed by atoms with Gasteiger partial charge in [0.05, 0.1) is 24.9 Å². The lowest BCUT2D eigenvalue weighted by Gasteiger charge is -2.14. The van der Waals surface area contributed by atoms with E-state index >= 15 is 0 Å². The maximum Gasteiger partial charge on any atom is 0.143 e. The van der Waals surface area contributed by atoms with Crippen LogP contribution in [-0.2, 0) is 0 Å². The summed E-state index contributed by atoms with van der Waals surface area (Å²) in [5.41, 5.74) is 1.98. The highest BCUT2D eigenvalue weighted by Crippen LogP contribution is 2.35. The van der Waals surface area contributed by atoms with Crippen molar-refractivity contribution in [2.24, 2.45) is 0 Å². The Kier molecular flexibility index (Phi) is 5.16. The van der Waals surface area contributed by atoms with Crippen LogP contribution in [0.25, 0.3) is 0 Å². The second-order valence-electron chi connectivity index (χ2n) is 3.64. The summed E-state index contributed by atoms with van der Waals surface area (Å²) in [4.78, 5) is 0. The van der Waals surface area contributed by atoms with Crippen LogP contribution in [0, 0.1) is 0 Å². The molecule has 0 amide bonds. The fraction of sp³-hybridized carbons (Fsp3) is 0.385. The minimum absolute atomic E-state index is 0.532. The number of benzene rings is 1. The van der Waals surface area contributed by atoms with E-state index in [-0.39, 0.29) is 0 Å². The van der Waals surface area contributed by atoms with E-state index in [1.165, 1.54) is 0 Å². The van der Waals surface area contributed by atoms with Crippen LogP contribution in [-0.4, -0.2) is 20.8 Å². The molecule has 17 heavy (non-hydrogen) atoms. The van der Waals surface area contributed by atoms with E-state index in [9.17, 15) is 0 Å². The Morgan fingerprint density at radius 3 is 2.47 bits per heavy atom. The predicted molar refractivity (Wildman–Crippen MR) is 72.5 cm³/mol. The van der Waals surface area contributed by atoms with Crippen LogP contribution < -0.4 is 14.8 Å². The molecule has 94 valence electrons. The minimum atomic E-state index is 0.532. The summed E-state index contributed by atoms with van der Waals surface area (Å²) in [6.45, 7) is 6.72. The average Bonchev–Trinajstić information content (AvgIpc) is 2.36. The summed E-state index contributed by atoms with van der Waals surface area (Å²) in [7, 11) is 3.19. The molecule has 0 bridgehead atoms. The average molecular weight is 256 g/mol. The number of hydrogen-bond acceptors (Lipinski definition) is 3. The summed E-state index contributed by atoms with van der Waals surface area (Å²) in [5, 5.41) is 3.79. The van der Waals surface area contributed by atoms with Crippen molar-refractivity contribution < 1.29 is 9.47 Å². The molecule has 0 saturated carbocycles. The van der Waals surface area contributed by atoms with Gasteiger partial charge in [-0.3, -0.25) is 0 Å². The second-order valence-corrected chi connectivity index (χ2v) is 4.05. The normalized spacial score (nSPS) is 9.88. The number of hydrogen-bond donors (Lipinski definition) is 1. The molecule has 0 spiro atoms. The summed E-state index contributed by atoms with van der Waals surface area (Å²) >= 11 is 6.02. The molecule has 3 nitrogen and oxygen atoms in total. The molecule has 1 aromatic rings. The molecule has 0 saturated heterocycles. The fourth-order valence-corrected chi connectivity index (χ4v) is 1.57. The summed E-state index contributed by atoms with van der Waals surface area (Å²) in [6, 6.07) is 3.56. The van der Waals surface area contributed by atoms with Gasteiger partial charge in [0.2, 0.25) is 0 Å². The lowest BCUT2D eigenvalue weighted by atomic mass is 10.2. The highest BCUT2D eigenvalue weighted by Gasteiger charge is 2.09. The molecular formula is C13H18ClNO2. The van der Waals surface area contributed by atoms with Gasteiger partial charge >= 0.3 is 0 Å². The Labute approximate surface area is 107 Å². The van der Waals surface area contributed by atoms with Crippen molar-refractivity contribution >= 4 is 17.3 Å². The van der Waals surface area contributed by atoms with Gasteiger partial charge in [-0.1, -0.05) is 30.7 Å². The number of methoxy groups -OCH3 is 2. The van der Waals surface area contributed by atoms with Gasteiger partial charge in [-0.25, -0.2) is 0 Å². The third kappa shape index (κ3) is 3.56. The van der Waals surface area contributed by atoms with Crippen molar-refractivity contribution in [3.63, 3.8) is 0 Å². The lowest BCUT2D eigenvalue weighted by Crippen LogP contribution is -2.05. The summed E-state index contributed by atoms with van der Waals surface area (Å²) in [5.74, 6) is 1.32. The molecule has 0 aliphatic carbocycles. The molecule has 0 heterocycles. The molecule has 1 aromatic carbocycles. The Hall–Kier alpha value is -1.35. The van der Waals surface area contributed by atoms with E-state index in [1.807, 2.05) is 6.07 Å². The van der Waals surface area contributed by atoms with Gasteiger partial charge in [-0.2, -0.15) is 0 Å². The van der Waals surface area contributed by atoms with Gasteiger partial charge in [0.25, 0.3) is 0 Å². The van der Waals surface area contributed by atoms with E-state index in [0.29, 0.717) is 23.1 Å². The lowest BCUT2D eigenvalue weighted by molar-refractivity contribution is 0.405. The highest BCUT2D eigenvalue weighted by molar-refractivity contribution is 6.32. The second kappa shape index (κ2) is 6.40. The molecule has 0 atom stereocenters. The molecule has 1 N–H and O–H groups in total. The van der Waals surface area contributed by atoms with Crippen LogP contribution in [0.3, 0.4) is 0 Å². The van der Waals surface area contributed by atoms with Gasteiger partial charge in [0, 0.05) is 18.7 Å². The molecule has 0 aliphatic heterocycles. The van der Waals surface area contributed by atoms with Crippen molar-refractivity contribution in [1.29, 1.82) is 0 Å². The Bertz CT molecular complexity index is 405. The first-order valence-corrected chi connectivity index (χ1v) is 5.82. The van der Waals surface area contributed by atoms with Crippen LogP contribution in [0.2, 0.25) is 5.02 Å². The zero-order valence-corrected chi connectivity index (χ0v) is 11.2. The molecule has 0 fully saturated rings. The Balaban J connectivity index is 2.92.